The number of carbonyl (C=O) groups is 2. The molecule has 30 heavy (non-hydrogen) atoms. The number of nitrogens with one attached hydrogen (secondary N) is 3. The number of aryl methyl sites for hydroxylation is 1. The normalized spacial score (nSPS) is 11.4. The molecule has 1 unspecified atom stereocenters. The number of anilines is 1. The minimum atomic E-state index is -0.943. The molecule has 154 valence electrons. The van der Waals surface area contributed by atoms with E-state index < -0.39 is 11.9 Å². The Hall–Kier alpha value is -3.87. The third-order valence-corrected chi connectivity index (χ3v) is 4.43. The molecule has 3 rings (SSSR count). The third kappa shape index (κ3) is 5.35. The molecule has 0 aliphatic heterocycles. The largest absolute Gasteiger partial charge is 0.494 e. The van der Waals surface area contributed by atoms with Gasteiger partial charge in [0.2, 0.25) is 5.56 Å². The molecule has 2 amide bonds. The van der Waals surface area contributed by atoms with Crippen molar-refractivity contribution < 1.29 is 14.3 Å². The zero-order chi connectivity index (χ0) is 21.5. The van der Waals surface area contributed by atoms with E-state index in [2.05, 4.69) is 15.6 Å². The summed E-state index contributed by atoms with van der Waals surface area (Å²) in [5.74, 6) is -0.198. The summed E-state index contributed by atoms with van der Waals surface area (Å²) in [6.45, 7) is 4.37. The Morgan fingerprint density at radius 2 is 1.70 bits per heavy atom. The van der Waals surface area contributed by atoms with Gasteiger partial charge in [0.15, 0.2) is 0 Å². The van der Waals surface area contributed by atoms with Crippen molar-refractivity contribution in [2.24, 2.45) is 0 Å². The molecule has 0 radical (unpaired) electrons. The van der Waals surface area contributed by atoms with Gasteiger partial charge in [-0.15, -0.1) is 0 Å². The molecule has 1 heterocycles. The highest BCUT2D eigenvalue weighted by atomic mass is 16.5. The van der Waals surface area contributed by atoms with Crippen molar-refractivity contribution in [2.75, 3.05) is 11.9 Å². The van der Waals surface area contributed by atoms with E-state index in [9.17, 15) is 14.4 Å². The summed E-state index contributed by atoms with van der Waals surface area (Å²) in [5.41, 5.74) is 2.23. The summed E-state index contributed by atoms with van der Waals surface area (Å²) >= 11 is 0. The van der Waals surface area contributed by atoms with Crippen molar-refractivity contribution in [3.8, 4) is 5.75 Å². The maximum absolute atomic E-state index is 13.0. The fourth-order valence-corrected chi connectivity index (χ4v) is 2.84. The maximum atomic E-state index is 13.0. The smallest absolute Gasteiger partial charge is 0.253 e. The number of hydrogen-bond acceptors (Lipinski definition) is 4. The van der Waals surface area contributed by atoms with E-state index >= 15 is 0 Å². The number of benzene rings is 2. The van der Waals surface area contributed by atoms with Gasteiger partial charge in [-0.05, 0) is 49.7 Å². The lowest BCUT2D eigenvalue weighted by molar-refractivity contribution is -0.118. The molecule has 0 bridgehead atoms. The molecular weight excluding hydrogens is 382 g/mol. The van der Waals surface area contributed by atoms with Gasteiger partial charge < -0.3 is 20.4 Å². The fraction of sp³-hybridized carbons (Fsp3) is 0.174. The van der Waals surface area contributed by atoms with Crippen LogP contribution < -0.4 is 20.9 Å². The van der Waals surface area contributed by atoms with Gasteiger partial charge in [-0.3, -0.25) is 14.4 Å². The van der Waals surface area contributed by atoms with E-state index in [1.165, 1.54) is 18.3 Å². The zero-order valence-electron chi connectivity index (χ0n) is 16.8. The first-order chi connectivity index (χ1) is 14.5. The lowest BCUT2D eigenvalue weighted by atomic mass is 10.0. The molecule has 3 aromatic rings. The van der Waals surface area contributed by atoms with Crippen LogP contribution in [0.15, 0.2) is 71.7 Å². The minimum Gasteiger partial charge on any atom is -0.494 e. The Morgan fingerprint density at radius 1 is 1.00 bits per heavy atom. The molecule has 0 aliphatic rings. The van der Waals surface area contributed by atoms with E-state index in [-0.39, 0.29) is 17.0 Å². The van der Waals surface area contributed by atoms with E-state index in [0.29, 0.717) is 23.6 Å². The summed E-state index contributed by atoms with van der Waals surface area (Å²) in [4.78, 5) is 39.4. The summed E-state index contributed by atoms with van der Waals surface area (Å²) < 4.78 is 5.45. The quantitative estimate of drug-likeness (QED) is 0.562. The molecule has 7 nitrogen and oxygen atoms in total. The van der Waals surface area contributed by atoms with E-state index in [0.717, 1.165) is 5.56 Å². The highest BCUT2D eigenvalue weighted by molar-refractivity contribution is 6.01. The predicted octanol–water partition coefficient (Wildman–Crippen LogP) is 3.19. The first-order valence-electron chi connectivity index (χ1n) is 9.56. The number of pyridine rings is 1. The van der Waals surface area contributed by atoms with Gasteiger partial charge in [0.25, 0.3) is 11.8 Å². The number of aromatic amines is 1. The fourth-order valence-electron chi connectivity index (χ4n) is 2.84. The van der Waals surface area contributed by atoms with E-state index in [1.54, 1.807) is 36.4 Å². The molecular formula is C23H23N3O4. The van der Waals surface area contributed by atoms with Gasteiger partial charge >= 0.3 is 0 Å². The second-order valence-electron chi connectivity index (χ2n) is 6.71. The predicted molar refractivity (Wildman–Crippen MR) is 115 cm³/mol. The summed E-state index contributed by atoms with van der Waals surface area (Å²) in [6.07, 6.45) is 1.31. The molecule has 0 fully saturated rings. The number of hydrogen-bond donors (Lipinski definition) is 3. The Kier molecular flexibility index (Phi) is 6.64. The molecule has 2 aromatic carbocycles. The van der Waals surface area contributed by atoms with Crippen LogP contribution in [0.3, 0.4) is 0 Å². The molecule has 0 saturated carbocycles. The zero-order valence-corrected chi connectivity index (χ0v) is 16.8. The number of ether oxygens (including phenoxy) is 1. The molecule has 0 spiro atoms. The number of amides is 2. The van der Waals surface area contributed by atoms with Crippen molar-refractivity contribution in [3.05, 3.63) is 93.9 Å². The van der Waals surface area contributed by atoms with Crippen LogP contribution in [0.4, 0.5) is 5.69 Å². The van der Waals surface area contributed by atoms with Crippen molar-refractivity contribution in [3.63, 3.8) is 0 Å². The van der Waals surface area contributed by atoms with Crippen LogP contribution in [-0.4, -0.2) is 23.4 Å². The molecule has 1 aromatic heterocycles. The molecule has 7 heteroatoms. The summed E-state index contributed by atoms with van der Waals surface area (Å²) in [5, 5.41) is 5.57. The first-order valence-corrected chi connectivity index (χ1v) is 9.56. The first kappa shape index (κ1) is 20.9. The lowest BCUT2D eigenvalue weighted by Gasteiger charge is -2.19. The molecule has 0 saturated heterocycles. The Morgan fingerprint density at radius 3 is 2.30 bits per heavy atom. The third-order valence-electron chi connectivity index (χ3n) is 4.43. The Bertz CT molecular complexity index is 1050. The number of carbonyl (C=O) groups excluding carboxylic acids is 2. The maximum Gasteiger partial charge on any atom is 0.253 e. The van der Waals surface area contributed by atoms with Crippen LogP contribution in [0.5, 0.6) is 5.75 Å². The van der Waals surface area contributed by atoms with Gasteiger partial charge in [0.1, 0.15) is 11.8 Å². The number of rotatable bonds is 7. The van der Waals surface area contributed by atoms with Crippen LogP contribution in [0.25, 0.3) is 0 Å². The summed E-state index contributed by atoms with van der Waals surface area (Å²) in [6, 6.07) is 16.1. The minimum absolute atomic E-state index is 0.244. The van der Waals surface area contributed by atoms with Crippen molar-refractivity contribution in [2.45, 2.75) is 19.9 Å². The highest BCUT2D eigenvalue weighted by Crippen LogP contribution is 2.21. The Balaban J connectivity index is 1.85. The van der Waals surface area contributed by atoms with E-state index in [4.69, 9.17) is 4.74 Å². The van der Waals surface area contributed by atoms with Gasteiger partial charge in [0, 0.05) is 18.0 Å². The number of H-pyrrole nitrogens is 1. The van der Waals surface area contributed by atoms with Crippen molar-refractivity contribution in [1.29, 1.82) is 0 Å². The highest BCUT2D eigenvalue weighted by Gasteiger charge is 2.24. The van der Waals surface area contributed by atoms with Crippen LogP contribution in [0, 0.1) is 6.92 Å². The average molecular weight is 405 g/mol. The molecule has 1 atom stereocenters. The van der Waals surface area contributed by atoms with Gasteiger partial charge in [0.05, 0.1) is 12.2 Å². The summed E-state index contributed by atoms with van der Waals surface area (Å²) in [7, 11) is 0. The van der Waals surface area contributed by atoms with Crippen LogP contribution >= 0.6 is 0 Å². The lowest BCUT2D eigenvalue weighted by Crippen LogP contribution is -2.37. The number of aromatic nitrogens is 1. The standard InChI is InChI=1S/C23H23N3O4/c1-3-30-19-11-6-16(7-12-19)21(23(29)25-18-9-4-15(2)5-10-18)26-22(28)17-8-13-20(27)24-14-17/h4-14,21H,3H2,1-2H3,(H,24,27)(H,25,29)(H,26,28). The van der Waals surface area contributed by atoms with E-state index in [1.807, 2.05) is 26.0 Å². The van der Waals surface area contributed by atoms with Crippen molar-refractivity contribution in [1.82, 2.24) is 10.3 Å². The van der Waals surface area contributed by atoms with Gasteiger partial charge in [-0.1, -0.05) is 29.8 Å². The topological polar surface area (TPSA) is 100 Å². The second-order valence-corrected chi connectivity index (χ2v) is 6.71. The van der Waals surface area contributed by atoms with Gasteiger partial charge in [-0.25, -0.2) is 0 Å². The Labute approximate surface area is 174 Å². The SMILES string of the molecule is CCOc1ccc(C(NC(=O)c2ccc(=O)[nH]c2)C(=O)Nc2ccc(C)cc2)cc1. The monoisotopic (exact) mass is 405 g/mol. The molecule has 0 aliphatic carbocycles. The molecule has 3 N–H and O–H groups in total. The van der Waals surface area contributed by atoms with Crippen LogP contribution in [-0.2, 0) is 4.79 Å². The average Bonchev–Trinajstić information content (AvgIpc) is 2.75. The van der Waals surface area contributed by atoms with Crippen LogP contribution in [0.1, 0.15) is 34.5 Å². The van der Waals surface area contributed by atoms with Crippen LogP contribution in [0.2, 0.25) is 0 Å². The van der Waals surface area contributed by atoms with Crippen molar-refractivity contribution >= 4 is 17.5 Å². The second kappa shape index (κ2) is 9.56. The van der Waals surface area contributed by atoms with Gasteiger partial charge in [-0.2, -0.15) is 0 Å².